The van der Waals surface area contributed by atoms with Gasteiger partial charge in [0.25, 0.3) is 0 Å². The number of carbonyl (C=O) groups is 2. The Morgan fingerprint density at radius 1 is 1.57 bits per heavy atom. The molecule has 2 N–H and O–H groups in total. The van der Waals surface area contributed by atoms with Crippen LogP contribution in [0.1, 0.15) is 10.4 Å². The third kappa shape index (κ3) is 2.46. The smallest absolute Gasteiger partial charge is 0.409 e. The molecule has 4 nitrogen and oxygen atoms in total. The van der Waals surface area contributed by atoms with E-state index in [2.05, 4.69) is 21.2 Å². The monoisotopic (exact) mass is 277 g/mol. The minimum atomic E-state index is -1.23. The Morgan fingerprint density at radius 3 is 2.71 bits per heavy atom. The molecular weight excluding hydrogens is 273 g/mol. The summed E-state index contributed by atoms with van der Waals surface area (Å²) in [4.78, 5) is 20.8. The number of carboxylic acid groups (broad SMARTS) is 1. The highest BCUT2D eigenvalue weighted by molar-refractivity contribution is 9.10. The molecule has 14 heavy (non-hydrogen) atoms. The minimum absolute atomic E-state index is 0.177. The Kier molecular flexibility index (Phi) is 3.49. The van der Waals surface area contributed by atoms with Gasteiger partial charge in [-0.3, -0.25) is 10.1 Å². The number of hydrogen-bond acceptors (Lipinski definition) is 2. The van der Waals surface area contributed by atoms with Crippen LogP contribution in [-0.2, 0) is 0 Å². The van der Waals surface area contributed by atoms with Crippen LogP contribution in [0.3, 0.4) is 0 Å². The lowest BCUT2D eigenvalue weighted by Crippen LogP contribution is -2.08. The van der Waals surface area contributed by atoms with E-state index in [9.17, 15) is 9.59 Å². The van der Waals surface area contributed by atoms with Crippen LogP contribution in [0.15, 0.2) is 16.6 Å². The zero-order valence-electron chi connectivity index (χ0n) is 6.75. The van der Waals surface area contributed by atoms with E-state index in [1.165, 1.54) is 12.1 Å². The number of hydrogen-bond donors (Lipinski definition) is 2. The standard InChI is InChI=1S/C8H5BrClNO3/c9-5-1-4(3-12)2-6(7(5)10)11-8(13)14/h1-3,11H,(H,13,14). The van der Waals surface area contributed by atoms with Crippen molar-refractivity contribution < 1.29 is 14.7 Å². The van der Waals surface area contributed by atoms with Crippen LogP contribution in [0, 0.1) is 0 Å². The van der Waals surface area contributed by atoms with Crippen LogP contribution in [0.4, 0.5) is 10.5 Å². The van der Waals surface area contributed by atoms with E-state index in [1.807, 2.05) is 0 Å². The molecule has 6 heteroatoms. The predicted octanol–water partition coefficient (Wildman–Crippen LogP) is 3.00. The second-order valence-corrected chi connectivity index (χ2v) is 3.64. The summed E-state index contributed by atoms with van der Waals surface area (Å²) < 4.78 is 0.465. The van der Waals surface area contributed by atoms with Gasteiger partial charge >= 0.3 is 6.09 Å². The van der Waals surface area contributed by atoms with Crippen molar-refractivity contribution >= 4 is 45.6 Å². The van der Waals surface area contributed by atoms with Crippen LogP contribution in [0.25, 0.3) is 0 Å². The van der Waals surface area contributed by atoms with Crippen LogP contribution >= 0.6 is 27.5 Å². The molecule has 0 fully saturated rings. The van der Waals surface area contributed by atoms with Crippen molar-refractivity contribution in [2.45, 2.75) is 0 Å². The molecule has 0 aromatic heterocycles. The molecule has 0 radical (unpaired) electrons. The lowest BCUT2D eigenvalue weighted by molar-refractivity contribution is 0.112. The predicted molar refractivity (Wildman–Crippen MR) is 56.2 cm³/mol. The Labute approximate surface area is 93.0 Å². The fourth-order valence-corrected chi connectivity index (χ4v) is 1.52. The number of halogens is 2. The first kappa shape index (κ1) is 11.0. The third-order valence-electron chi connectivity index (χ3n) is 1.43. The van der Waals surface area contributed by atoms with Gasteiger partial charge in [-0.15, -0.1) is 0 Å². The summed E-state index contributed by atoms with van der Waals surface area (Å²) in [6, 6.07) is 2.86. The molecule has 0 bridgehead atoms. The number of amides is 1. The first-order chi connectivity index (χ1) is 6.54. The van der Waals surface area contributed by atoms with E-state index < -0.39 is 6.09 Å². The first-order valence-electron chi connectivity index (χ1n) is 3.48. The molecule has 1 aromatic rings. The lowest BCUT2D eigenvalue weighted by Gasteiger charge is -2.06. The van der Waals surface area contributed by atoms with E-state index in [4.69, 9.17) is 16.7 Å². The quantitative estimate of drug-likeness (QED) is 0.817. The molecule has 0 atom stereocenters. The van der Waals surface area contributed by atoms with Crippen LogP contribution in [-0.4, -0.2) is 17.5 Å². The van der Waals surface area contributed by atoms with E-state index in [-0.39, 0.29) is 10.7 Å². The third-order valence-corrected chi connectivity index (χ3v) is 2.69. The van der Waals surface area contributed by atoms with Crippen LogP contribution in [0.5, 0.6) is 0 Å². The molecule has 1 amide bonds. The van der Waals surface area contributed by atoms with E-state index in [1.54, 1.807) is 0 Å². The second kappa shape index (κ2) is 4.43. The van der Waals surface area contributed by atoms with Gasteiger partial charge in [-0.1, -0.05) is 11.6 Å². The molecule has 1 aromatic carbocycles. The number of benzene rings is 1. The van der Waals surface area contributed by atoms with Gasteiger partial charge in [-0.05, 0) is 28.1 Å². The average Bonchev–Trinajstić information content (AvgIpc) is 2.11. The molecular formula is C8H5BrClNO3. The summed E-state index contributed by atoms with van der Waals surface area (Å²) in [7, 11) is 0. The minimum Gasteiger partial charge on any atom is -0.465 e. The Bertz CT molecular complexity index is 394. The van der Waals surface area contributed by atoms with Gasteiger partial charge in [-0.2, -0.15) is 0 Å². The molecule has 0 saturated carbocycles. The Morgan fingerprint density at radius 2 is 2.21 bits per heavy atom. The summed E-state index contributed by atoms with van der Waals surface area (Å²) in [5.74, 6) is 0. The topological polar surface area (TPSA) is 66.4 Å². The molecule has 0 spiro atoms. The fraction of sp³-hybridized carbons (Fsp3) is 0. The molecule has 74 valence electrons. The molecule has 0 heterocycles. The van der Waals surface area contributed by atoms with Gasteiger partial charge in [0, 0.05) is 10.0 Å². The van der Waals surface area contributed by atoms with Crippen molar-refractivity contribution in [2.75, 3.05) is 5.32 Å². The average molecular weight is 278 g/mol. The van der Waals surface area contributed by atoms with Gasteiger partial charge < -0.3 is 5.11 Å². The van der Waals surface area contributed by atoms with Crippen molar-refractivity contribution in [3.05, 3.63) is 27.2 Å². The second-order valence-electron chi connectivity index (χ2n) is 2.41. The van der Waals surface area contributed by atoms with E-state index >= 15 is 0 Å². The highest BCUT2D eigenvalue weighted by Gasteiger charge is 2.08. The SMILES string of the molecule is O=Cc1cc(Br)c(Cl)c(NC(=O)O)c1. The number of rotatable bonds is 2. The molecule has 0 saturated heterocycles. The highest BCUT2D eigenvalue weighted by Crippen LogP contribution is 2.31. The first-order valence-corrected chi connectivity index (χ1v) is 4.66. The number of anilines is 1. The largest absolute Gasteiger partial charge is 0.465 e. The summed E-state index contributed by atoms with van der Waals surface area (Å²) >= 11 is 8.88. The summed E-state index contributed by atoms with van der Waals surface area (Å²) in [6.07, 6.45) is -0.629. The summed E-state index contributed by atoms with van der Waals surface area (Å²) in [5.41, 5.74) is 0.515. The molecule has 0 aliphatic rings. The number of nitrogens with one attached hydrogen (secondary N) is 1. The molecule has 0 unspecified atom stereocenters. The van der Waals surface area contributed by atoms with Gasteiger partial charge in [0.05, 0.1) is 10.7 Å². The van der Waals surface area contributed by atoms with Crippen LogP contribution < -0.4 is 5.32 Å². The molecule has 0 aliphatic carbocycles. The van der Waals surface area contributed by atoms with E-state index in [0.717, 1.165) is 0 Å². The zero-order chi connectivity index (χ0) is 10.7. The molecule has 0 aliphatic heterocycles. The zero-order valence-corrected chi connectivity index (χ0v) is 9.09. The van der Waals surface area contributed by atoms with E-state index in [0.29, 0.717) is 16.3 Å². The maximum Gasteiger partial charge on any atom is 0.409 e. The molecule has 1 rings (SSSR count). The summed E-state index contributed by atoms with van der Waals surface area (Å²) in [6.45, 7) is 0. The van der Waals surface area contributed by atoms with Gasteiger partial charge in [0.15, 0.2) is 0 Å². The number of aldehydes is 1. The summed E-state index contributed by atoms with van der Waals surface area (Å²) in [5, 5.41) is 10.8. The van der Waals surface area contributed by atoms with Crippen molar-refractivity contribution in [2.24, 2.45) is 0 Å². The number of carbonyl (C=O) groups excluding carboxylic acids is 1. The lowest BCUT2D eigenvalue weighted by atomic mass is 10.2. The van der Waals surface area contributed by atoms with Crippen molar-refractivity contribution in [1.29, 1.82) is 0 Å². The van der Waals surface area contributed by atoms with Crippen molar-refractivity contribution in [3.63, 3.8) is 0 Å². The van der Waals surface area contributed by atoms with Gasteiger partial charge in [0.2, 0.25) is 0 Å². The maximum atomic E-state index is 10.5. The fourth-order valence-electron chi connectivity index (χ4n) is 0.884. The van der Waals surface area contributed by atoms with Gasteiger partial charge in [-0.25, -0.2) is 4.79 Å². The van der Waals surface area contributed by atoms with Crippen molar-refractivity contribution in [3.8, 4) is 0 Å². The maximum absolute atomic E-state index is 10.5. The van der Waals surface area contributed by atoms with Crippen molar-refractivity contribution in [1.82, 2.24) is 0 Å². The van der Waals surface area contributed by atoms with Gasteiger partial charge in [0.1, 0.15) is 6.29 Å². The normalized spacial score (nSPS) is 9.57. The Balaban J connectivity index is 3.19. The van der Waals surface area contributed by atoms with Crippen LogP contribution in [0.2, 0.25) is 5.02 Å². The highest BCUT2D eigenvalue weighted by atomic mass is 79.9. The Hall–Kier alpha value is -1.07.